The van der Waals surface area contributed by atoms with Crippen LogP contribution in [0.5, 0.6) is 0 Å². The van der Waals surface area contributed by atoms with E-state index in [0.29, 0.717) is 44.4 Å². The first kappa shape index (κ1) is 22.9. The van der Waals surface area contributed by atoms with Crippen LogP contribution in [-0.4, -0.2) is 36.2 Å². The van der Waals surface area contributed by atoms with Gasteiger partial charge in [0.1, 0.15) is 12.3 Å². The zero-order chi connectivity index (χ0) is 18.9. The molecule has 3 rings (SSSR count). The average Bonchev–Trinajstić information content (AvgIpc) is 2.60. The normalized spacial score (nSPS) is 43.8. The largest absolute Gasteiger partial charge is 0.412 e. The van der Waals surface area contributed by atoms with Crippen molar-refractivity contribution < 1.29 is 35.0 Å². The van der Waals surface area contributed by atoms with E-state index in [4.69, 9.17) is 4.74 Å². The predicted molar refractivity (Wildman–Crippen MR) is 98.2 cm³/mol. The minimum absolute atomic E-state index is 0. The lowest BCUT2D eigenvalue weighted by atomic mass is 9.71. The molecule has 0 aromatic carbocycles. The number of ether oxygens (including phenoxy) is 1. The third kappa shape index (κ3) is 5.55. The molecule has 3 aliphatic carbocycles. The summed E-state index contributed by atoms with van der Waals surface area (Å²) in [5.41, 5.74) is 0. The number of rotatable bonds is 4. The van der Waals surface area contributed by atoms with E-state index in [1.807, 2.05) is 0 Å². The molecule has 7 heteroatoms. The van der Waals surface area contributed by atoms with Gasteiger partial charge in [-0.05, 0) is 69.1 Å². The first-order valence-electron chi connectivity index (χ1n) is 10.2. The van der Waals surface area contributed by atoms with Crippen molar-refractivity contribution in [3.63, 3.8) is 0 Å². The highest BCUT2D eigenvalue weighted by Crippen LogP contribution is 2.44. The van der Waals surface area contributed by atoms with Crippen molar-refractivity contribution in [2.45, 2.75) is 102 Å². The summed E-state index contributed by atoms with van der Waals surface area (Å²) in [4.78, 5) is 0. The van der Waals surface area contributed by atoms with Crippen molar-refractivity contribution in [2.75, 3.05) is 0 Å². The Hall–Kier alpha value is -0.430. The van der Waals surface area contributed by atoms with Gasteiger partial charge >= 0.3 is 6.11 Å². The van der Waals surface area contributed by atoms with Crippen LogP contribution in [-0.2, 0) is 4.74 Å². The molecule has 2 N–H and O–H groups in total. The number of alkyl halides is 5. The molecule has 3 aliphatic rings. The van der Waals surface area contributed by atoms with Gasteiger partial charge in [0.05, 0.1) is 12.0 Å². The molecule has 0 amide bonds. The highest BCUT2D eigenvalue weighted by Gasteiger charge is 2.46. The fourth-order valence-electron chi connectivity index (χ4n) is 5.14. The van der Waals surface area contributed by atoms with Crippen LogP contribution < -0.4 is 0 Å². The van der Waals surface area contributed by atoms with Gasteiger partial charge in [0.25, 0.3) is 0 Å². The first-order chi connectivity index (χ1) is 12.3. The number of hydrogen-bond acceptors (Lipinski definition) is 1. The van der Waals surface area contributed by atoms with E-state index >= 15 is 0 Å². The van der Waals surface area contributed by atoms with Crippen LogP contribution in [0.3, 0.4) is 0 Å². The third-order valence-corrected chi connectivity index (χ3v) is 6.95. The minimum atomic E-state index is -3.09. The lowest BCUT2D eigenvalue weighted by Crippen LogP contribution is -2.42. The van der Waals surface area contributed by atoms with Gasteiger partial charge in [-0.1, -0.05) is 19.8 Å². The monoisotopic (exact) mass is 404 g/mol. The molecular weight excluding hydrogens is 367 g/mol. The summed E-state index contributed by atoms with van der Waals surface area (Å²) in [6, 6.07) is 0. The minimum Gasteiger partial charge on any atom is -0.412 e. The van der Waals surface area contributed by atoms with Gasteiger partial charge in [-0.25, -0.2) is 13.2 Å². The van der Waals surface area contributed by atoms with Crippen molar-refractivity contribution >= 4 is 0 Å². The van der Waals surface area contributed by atoms with Crippen LogP contribution in [0.4, 0.5) is 22.0 Å². The molecule has 0 aromatic rings. The molecule has 0 bridgehead atoms. The maximum atomic E-state index is 14.5. The lowest BCUT2D eigenvalue weighted by molar-refractivity contribution is -0.302. The average molecular weight is 405 g/mol. The van der Waals surface area contributed by atoms with Gasteiger partial charge in [-0.2, -0.15) is 8.78 Å². The Morgan fingerprint density at radius 3 is 1.81 bits per heavy atom. The molecule has 0 saturated heterocycles. The van der Waals surface area contributed by atoms with Gasteiger partial charge < -0.3 is 10.2 Å². The topological polar surface area (TPSA) is 40.7 Å². The zero-order valence-electron chi connectivity index (χ0n) is 16.0. The molecule has 0 spiro atoms. The Balaban J connectivity index is 0.00000261. The molecule has 164 valence electrons. The molecule has 27 heavy (non-hydrogen) atoms. The summed E-state index contributed by atoms with van der Waals surface area (Å²) in [5.74, 6) is -0.289. The van der Waals surface area contributed by atoms with Crippen molar-refractivity contribution in [2.24, 2.45) is 23.7 Å². The zero-order valence-corrected chi connectivity index (χ0v) is 16.0. The molecule has 3 saturated carbocycles. The smallest absolute Gasteiger partial charge is 0.358 e. The summed E-state index contributed by atoms with van der Waals surface area (Å²) in [5, 5.41) is 0. The maximum absolute atomic E-state index is 14.5. The number of hydrogen-bond donors (Lipinski definition) is 0. The van der Waals surface area contributed by atoms with Crippen LogP contribution in [0.1, 0.15) is 74.0 Å². The van der Waals surface area contributed by atoms with E-state index in [9.17, 15) is 22.0 Å². The molecule has 3 fully saturated rings. The second kappa shape index (κ2) is 9.38. The highest BCUT2D eigenvalue weighted by atomic mass is 19.3. The van der Waals surface area contributed by atoms with Crippen LogP contribution in [0, 0.1) is 23.7 Å². The Morgan fingerprint density at radius 2 is 1.30 bits per heavy atom. The fourth-order valence-corrected chi connectivity index (χ4v) is 5.14. The highest BCUT2D eigenvalue weighted by molar-refractivity contribution is 4.91. The summed E-state index contributed by atoms with van der Waals surface area (Å²) in [6.45, 7) is 2.09. The van der Waals surface area contributed by atoms with Crippen molar-refractivity contribution in [3.05, 3.63) is 0 Å². The third-order valence-electron chi connectivity index (χ3n) is 6.95. The van der Waals surface area contributed by atoms with Gasteiger partial charge in [0, 0.05) is 2.85 Å². The van der Waals surface area contributed by atoms with E-state index < -0.39 is 36.6 Å². The molecule has 2 nitrogen and oxygen atoms in total. The van der Waals surface area contributed by atoms with Gasteiger partial charge in [-0.15, -0.1) is 0 Å². The van der Waals surface area contributed by atoms with Crippen molar-refractivity contribution in [3.8, 4) is 0 Å². The predicted octanol–water partition coefficient (Wildman–Crippen LogP) is 6.07. The van der Waals surface area contributed by atoms with Gasteiger partial charge in [-0.3, -0.25) is 0 Å². The van der Waals surface area contributed by atoms with Crippen LogP contribution in [0.25, 0.3) is 0 Å². The van der Waals surface area contributed by atoms with E-state index in [1.165, 1.54) is 0 Å². The molecule has 0 radical (unpaired) electrons. The number of halogens is 5. The van der Waals surface area contributed by atoms with E-state index in [1.54, 1.807) is 0 Å². The summed E-state index contributed by atoms with van der Waals surface area (Å²) in [7, 11) is 0. The molecule has 0 aromatic heterocycles. The van der Waals surface area contributed by atoms with Gasteiger partial charge in [0.2, 0.25) is 0 Å². The van der Waals surface area contributed by atoms with Crippen molar-refractivity contribution in [1.29, 1.82) is 0 Å². The fraction of sp³-hybridized carbons (Fsp3) is 1.00. The summed E-state index contributed by atoms with van der Waals surface area (Å²) < 4.78 is 74.7. The standard InChI is InChI=1S/C20H31F5O.H2O.2H2/c1-12-2-6-15(7-3-12)20(24,25)26-16-8-4-13(5-9-16)14-10-17(21)19(23)18(22)11-14;;;/h12-19H,2-11H2,1H3;1H2;2*1H. The van der Waals surface area contributed by atoms with Crippen LogP contribution in [0.2, 0.25) is 0 Å². The van der Waals surface area contributed by atoms with Crippen LogP contribution >= 0.6 is 0 Å². The quantitative estimate of drug-likeness (QED) is 0.524. The second-order valence-corrected chi connectivity index (χ2v) is 8.88. The van der Waals surface area contributed by atoms with E-state index in [-0.39, 0.29) is 33.0 Å². The maximum Gasteiger partial charge on any atom is 0.358 e. The summed E-state index contributed by atoms with van der Waals surface area (Å²) in [6.07, 6.45) is -4.06. The lowest BCUT2D eigenvalue weighted by Gasteiger charge is -2.40. The van der Waals surface area contributed by atoms with Crippen molar-refractivity contribution in [1.82, 2.24) is 0 Å². The molecule has 2 atom stereocenters. The molecule has 0 heterocycles. The van der Waals surface area contributed by atoms with E-state index in [0.717, 1.165) is 12.8 Å². The SMILES string of the molecule is CC1CCC(C(F)(F)OC2CCC(C3CC(F)C(F)C(F)C3)CC2)CC1.O.[HH].[HH]. The molecule has 2 unspecified atom stereocenters. The molecule has 0 aliphatic heterocycles. The first-order valence-corrected chi connectivity index (χ1v) is 10.2. The molecular formula is C20H37F5O2. The Kier molecular flexibility index (Phi) is 7.94. The van der Waals surface area contributed by atoms with E-state index in [2.05, 4.69) is 6.92 Å². The second-order valence-electron chi connectivity index (χ2n) is 8.88. The van der Waals surface area contributed by atoms with Gasteiger partial charge in [0.15, 0.2) is 6.17 Å². The Labute approximate surface area is 161 Å². The Morgan fingerprint density at radius 1 is 0.778 bits per heavy atom. The summed E-state index contributed by atoms with van der Waals surface area (Å²) >= 11 is 0. The van der Waals surface area contributed by atoms with Crippen LogP contribution in [0.15, 0.2) is 0 Å². The Bertz CT molecular complexity index is 446.